The lowest BCUT2D eigenvalue weighted by atomic mass is 10.2. The highest BCUT2D eigenvalue weighted by Gasteiger charge is 2.21. The van der Waals surface area contributed by atoms with Crippen molar-refractivity contribution < 1.29 is 28.4 Å². The molecule has 1 aromatic heterocycles. The quantitative estimate of drug-likeness (QED) is 0.751. The van der Waals surface area contributed by atoms with Gasteiger partial charge >= 0.3 is 12.1 Å². The van der Waals surface area contributed by atoms with Crippen molar-refractivity contribution in [1.29, 1.82) is 0 Å². The predicted molar refractivity (Wildman–Crippen MR) is 101 cm³/mol. The summed E-state index contributed by atoms with van der Waals surface area (Å²) in [6, 6.07) is 7.65. The van der Waals surface area contributed by atoms with Gasteiger partial charge in [-0.3, -0.25) is 10.1 Å². The second-order valence-corrected chi connectivity index (χ2v) is 7.07. The highest BCUT2D eigenvalue weighted by atomic mass is 16.6. The molecule has 9 heteroatoms. The van der Waals surface area contributed by atoms with Gasteiger partial charge in [-0.15, -0.1) is 0 Å². The molecular formula is C19H23N3O6. The molecule has 0 unspecified atom stereocenters. The van der Waals surface area contributed by atoms with E-state index in [0.29, 0.717) is 11.4 Å². The molecule has 2 amide bonds. The molecule has 2 rings (SSSR count). The summed E-state index contributed by atoms with van der Waals surface area (Å²) < 4.78 is 15.2. The molecular weight excluding hydrogens is 366 g/mol. The molecule has 1 heterocycles. The highest BCUT2D eigenvalue weighted by Crippen LogP contribution is 2.15. The zero-order chi connectivity index (χ0) is 20.9. The van der Waals surface area contributed by atoms with Crippen LogP contribution < -0.4 is 10.6 Å². The van der Waals surface area contributed by atoms with Gasteiger partial charge in [0.25, 0.3) is 5.91 Å². The molecule has 2 N–H and O–H groups in total. The van der Waals surface area contributed by atoms with Gasteiger partial charge in [0.1, 0.15) is 11.4 Å². The first kappa shape index (κ1) is 20.9. The van der Waals surface area contributed by atoms with Crippen LogP contribution in [0.5, 0.6) is 0 Å². The van der Waals surface area contributed by atoms with E-state index in [1.165, 1.54) is 25.1 Å². The molecule has 0 aliphatic carbocycles. The van der Waals surface area contributed by atoms with Crippen molar-refractivity contribution in [3.63, 3.8) is 0 Å². The molecule has 0 aliphatic rings. The van der Waals surface area contributed by atoms with E-state index in [0.717, 1.165) is 0 Å². The molecule has 1 aromatic carbocycles. The van der Waals surface area contributed by atoms with Crippen LogP contribution in [0.3, 0.4) is 0 Å². The number of anilines is 2. The molecule has 1 atom stereocenters. The summed E-state index contributed by atoms with van der Waals surface area (Å²) in [5.74, 6) is -0.500. The van der Waals surface area contributed by atoms with Crippen LogP contribution in [0.25, 0.3) is 0 Å². The fraction of sp³-hybridized carbons (Fsp3) is 0.368. The van der Waals surface area contributed by atoms with E-state index in [1.807, 2.05) is 0 Å². The van der Waals surface area contributed by atoms with E-state index in [2.05, 4.69) is 15.8 Å². The Morgan fingerprint density at radius 3 is 2.46 bits per heavy atom. The average molecular weight is 389 g/mol. The Kier molecular flexibility index (Phi) is 6.40. The summed E-state index contributed by atoms with van der Waals surface area (Å²) in [5.41, 5.74) is -0.115. The number of carbonyl (C=O) groups excluding carboxylic acids is 3. The number of aromatic nitrogens is 1. The third kappa shape index (κ3) is 6.42. The maximum atomic E-state index is 12.3. The van der Waals surface area contributed by atoms with Gasteiger partial charge in [-0.2, -0.15) is 0 Å². The Hall–Kier alpha value is -3.36. The van der Waals surface area contributed by atoms with Gasteiger partial charge < -0.3 is 19.3 Å². The van der Waals surface area contributed by atoms with Crippen molar-refractivity contribution in [3.8, 4) is 0 Å². The number of hydrogen-bond donors (Lipinski definition) is 2. The molecule has 0 bridgehead atoms. The molecule has 9 nitrogen and oxygen atoms in total. The standard InChI is InChI=1S/C19H23N3O6/c1-11-9-15(22-28-11)21-16(23)12(2)26-17(24)13-7-6-8-14(10-13)20-18(25)27-19(3,4)5/h6-10,12H,1-5H3,(H,20,25)(H,21,22,23)/t12-/m1/s1. The number of carbonyl (C=O) groups is 3. The van der Waals surface area contributed by atoms with Crippen molar-refractivity contribution in [1.82, 2.24) is 5.16 Å². The van der Waals surface area contributed by atoms with Crippen molar-refractivity contribution in [2.24, 2.45) is 0 Å². The fourth-order valence-electron chi connectivity index (χ4n) is 2.08. The number of ether oxygens (including phenoxy) is 2. The summed E-state index contributed by atoms with van der Waals surface area (Å²) >= 11 is 0. The Morgan fingerprint density at radius 1 is 1.14 bits per heavy atom. The SMILES string of the molecule is Cc1cc(NC(=O)[C@@H](C)OC(=O)c2cccc(NC(=O)OC(C)(C)C)c2)no1. The monoisotopic (exact) mass is 389 g/mol. The van der Waals surface area contributed by atoms with Gasteiger partial charge in [0.05, 0.1) is 5.56 Å². The second-order valence-electron chi connectivity index (χ2n) is 7.07. The summed E-state index contributed by atoms with van der Waals surface area (Å²) in [4.78, 5) is 36.2. The molecule has 0 saturated heterocycles. The number of amides is 2. The molecule has 150 valence electrons. The Labute approximate surface area is 162 Å². The van der Waals surface area contributed by atoms with Crippen molar-refractivity contribution in [2.45, 2.75) is 46.3 Å². The van der Waals surface area contributed by atoms with Gasteiger partial charge in [-0.25, -0.2) is 9.59 Å². The second kappa shape index (κ2) is 8.55. The van der Waals surface area contributed by atoms with Crippen LogP contribution in [0.2, 0.25) is 0 Å². The van der Waals surface area contributed by atoms with E-state index in [1.54, 1.807) is 39.8 Å². The number of benzene rings is 1. The van der Waals surface area contributed by atoms with Crippen LogP contribution in [0, 0.1) is 6.92 Å². The van der Waals surface area contributed by atoms with Crippen LogP contribution in [-0.2, 0) is 14.3 Å². The molecule has 0 aliphatic heterocycles. The zero-order valence-electron chi connectivity index (χ0n) is 16.4. The van der Waals surface area contributed by atoms with Crippen LogP contribution in [-0.4, -0.2) is 34.8 Å². The van der Waals surface area contributed by atoms with Crippen molar-refractivity contribution in [2.75, 3.05) is 10.6 Å². The molecule has 28 heavy (non-hydrogen) atoms. The summed E-state index contributed by atoms with van der Waals surface area (Å²) in [5, 5.41) is 8.66. The Bertz CT molecular complexity index is 869. The van der Waals surface area contributed by atoms with E-state index >= 15 is 0 Å². The number of nitrogens with zero attached hydrogens (tertiary/aromatic N) is 1. The lowest BCUT2D eigenvalue weighted by Gasteiger charge is -2.19. The largest absolute Gasteiger partial charge is 0.449 e. The normalized spacial score (nSPS) is 12.0. The van der Waals surface area contributed by atoms with Gasteiger partial charge in [-0.05, 0) is 52.8 Å². The van der Waals surface area contributed by atoms with E-state index < -0.39 is 29.7 Å². The maximum absolute atomic E-state index is 12.3. The van der Waals surface area contributed by atoms with E-state index in [-0.39, 0.29) is 11.4 Å². The topological polar surface area (TPSA) is 120 Å². The summed E-state index contributed by atoms with van der Waals surface area (Å²) in [6.07, 6.45) is -1.71. The minimum Gasteiger partial charge on any atom is -0.449 e. The molecule has 0 fully saturated rings. The molecule has 0 radical (unpaired) electrons. The number of esters is 1. The maximum Gasteiger partial charge on any atom is 0.412 e. The van der Waals surface area contributed by atoms with Gasteiger partial charge in [0, 0.05) is 11.8 Å². The summed E-state index contributed by atoms with van der Waals surface area (Å²) in [6.45, 7) is 8.35. The van der Waals surface area contributed by atoms with Crippen LogP contribution in [0.15, 0.2) is 34.9 Å². The number of nitrogens with one attached hydrogen (secondary N) is 2. The van der Waals surface area contributed by atoms with Crippen molar-refractivity contribution in [3.05, 3.63) is 41.7 Å². The Morgan fingerprint density at radius 2 is 1.86 bits per heavy atom. The third-order valence-corrected chi connectivity index (χ3v) is 3.28. The van der Waals surface area contributed by atoms with E-state index in [4.69, 9.17) is 14.0 Å². The van der Waals surface area contributed by atoms with Crippen LogP contribution in [0.4, 0.5) is 16.3 Å². The van der Waals surface area contributed by atoms with Crippen molar-refractivity contribution >= 4 is 29.5 Å². The first-order valence-corrected chi connectivity index (χ1v) is 8.59. The number of aryl methyl sites for hydroxylation is 1. The molecule has 2 aromatic rings. The van der Waals surface area contributed by atoms with Crippen LogP contribution in [0.1, 0.15) is 43.8 Å². The summed E-state index contributed by atoms with van der Waals surface area (Å²) in [7, 11) is 0. The van der Waals surface area contributed by atoms with Gasteiger partial charge in [-0.1, -0.05) is 11.2 Å². The minimum absolute atomic E-state index is 0.172. The highest BCUT2D eigenvalue weighted by molar-refractivity contribution is 5.97. The predicted octanol–water partition coefficient (Wildman–Crippen LogP) is 3.51. The first-order chi connectivity index (χ1) is 13.0. The number of rotatable bonds is 5. The van der Waals surface area contributed by atoms with Gasteiger partial charge in [0.15, 0.2) is 11.9 Å². The fourth-order valence-corrected chi connectivity index (χ4v) is 2.08. The van der Waals surface area contributed by atoms with E-state index in [9.17, 15) is 14.4 Å². The van der Waals surface area contributed by atoms with Crippen LogP contribution >= 0.6 is 0 Å². The Balaban J connectivity index is 1.96. The lowest BCUT2D eigenvalue weighted by Crippen LogP contribution is -2.30. The first-order valence-electron chi connectivity index (χ1n) is 8.59. The zero-order valence-corrected chi connectivity index (χ0v) is 16.4. The third-order valence-electron chi connectivity index (χ3n) is 3.28. The molecule has 0 spiro atoms. The minimum atomic E-state index is -1.06. The van der Waals surface area contributed by atoms with Gasteiger partial charge in [0.2, 0.25) is 0 Å². The lowest BCUT2D eigenvalue weighted by molar-refractivity contribution is -0.123. The smallest absolute Gasteiger partial charge is 0.412 e. The average Bonchev–Trinajstić information content (AvgIpc) is 2.98. The molecule has 0 saturated carbocycles. The number of hydrogen-bond acceptors (Lipinski definition) is 7.